The summed E-state index contributed by atoms with van der Waals surface area (Å²) in [6.45, 7) is 0.204. The van der Waals surface area contributed by atoms with Crippen LogP contribution in [0.25, 0.3) is 11.0 Å². The summed E-state index contributed by atoms with van der Waals surface area (Å²) < 4.78 is 18.7. The minimum atomic E-state index is -0.613. The van der Waals surface area contributed by atoms with Gasteiger partial charge in [0.15, 0.2) is 0 Å². The topological polar surface area (TPSA) is 84.1 Å². The molecular formula is C17H18FN3O3. The van der Waals surface area contributed by atoms with E-state index in [4.69, 9.17) is 4.74 Å². The number of halogens is 1. The van der Waals surface area contributed by atoms with E-state index in [1.807, 2.05) is 0 Å². The van der Waals surface area contributed by atoms with Gasteiger partial charge in [-0.2, -0.15) is 0 Å². The molecule has 2 fully saturated rings. The van der Waals surface area contributed by atoms with Gasteiger partial charge in [-0.15, -0.1) is 0 Å². The molecule has 1 amide bonds. The maximum absolute atomic E-state index is 13.2. The van der Waals surface area contributed by atoms with E-state index in [9.17, 15) is 14.0 Å². The molecule has 1 spiro atoms. The zero-order chi connectivity index (χ0) is 16.7. The van der Waals surface area contributed by atoms with Gasteiger partial charge in [0.05, 0.1) is 29.9 Å². The third kappa shape index (κ3) is 2.53. The molecule has 0 bridgehead atoms. The van der Waals surface area contributed by atoms with Gasteiger partial charge in [0, 0.05) is 0 Å². The van der Waals surface area contributed by atoms with Crippen LogP contribution in [0.5, 0.6) is 0 Å². The van der Waals surface area contributed by atoms with E-state index in [0.717, 1.165) is 25.7 Å². The number of benzene rings is 1. The van der Waals surface area contributed by atoms with Gasteiger partial charge in [0.25, 0.3) is 0 Å². The van der Waals surface area contributed by atoms with Crippen LogP contribution in [0.4, 0.5) is 4.39 Å². The van der Waals surface area contributed by atoms with Crippen molar-refractivity contribution in [2.45, 2.75) is 44.2 Å². The Morgan fingerprint density at radius 1 is 1.42 bits per heavy atom. The van der Waals surface area contributed by atoms with Gasteiger partial charge in [0.2, 0.25) is 5.91 Å². The average Bonchev–Trinajstić information content (AvgIpc) is 3.24. The number of imidazole rings is 1. The largest absolute Gasteiger partial charge is 0.458 e. The molecule has 6 nitrogen and oxygen atoms in total. The van der Waals surface area contributed by atoms with Crippen LogP contribution in [0.3, 0.4) is 0 Å². The Hall–Kier alpha value is -2.44. The van der Waals surface area contributed by atoms with Crippen molar-refractivity contribution < 1.29 is 18.7 Å². The van der Waals surface area contributed by atoms with Gasteiger partial charge in [-0.05, 0) is 43.9 Å². The summed E-state index contributed by atoms with van der Waals surface area (Å²) >= 11 is 0. The zero-order valence-electron chi connectivity index (χ0n) is 13.1. The Bertz CT molecular complexity index is 811. The highest BCUT2D eigenvalue weighted by Gasteiger charge is 2.53. The number of fused-ring (bicyclic) bond motifs is 1. The van der Waals surface area contributed by atoms with Crippen LogP contribution in [0.15, 0.2) is 18.2 Å². The maximum Gasteiger partial charge on any atom is 0.307 e. The molecule has 2 N–H and O–H groups in total. The number of esters is 1. The van der Waals surface area contributed by atoms with E-state index in [-0.39, 0.29) is 30.7 Å². The predicted octanol–water partition coefficient (Wildman–Crippen LogP) is 2.19. The lowest BCUT2D eigenvalue weighted by Crippen LogP contribution is -2.42. The van der Waals surface area contributed by atoms with E-state index in [1.165, 1.54) is 12.1 Å². The van der Waals surface area contributed by atoms with Crippen LogP contribution in [-0.2, 0) is 20.9 Å². The second-order valence-electron chi connectivity index (χ2n) is 6.57. The first-order chi connectivity index (χ1) is 11.6. The van der Waals surface area contributed by atoms with Gasteiger partial charge in [-0.25, -0.2) is 9.37 Å². The van der Waals surface area contributed by atoms with E-state index >= 15 is 0 Å². The summed E-state index contributed by atoms with van der Waals surface area (Å²) in [5.74, 6) is -0.707. The normalized spacial score (nSPS) is 22.2. The number of ether oxygens (including phenoxy) is 1. The highest BCUT2D eigenvalue weighted by Crippen LogP contribution is 2.45. The fraction of sp³-hybridized carbons (Fsp3) is 0.471. The molecule has 24 heavy (non-hydrogen) atoms. The molecule has 7 heteroatoms. The van der Waals surface area contributed by atoms with Crippen LogP contribution in [0.2, 0.25) is 0 Å². The number of H-pyrrole nitrogens is 1. The van der Waals surface area contributed by atoms with Crippen molar-refractivity contribution in [3.8, 4) is 0 Å². The van der Waals surface area contributed by atoms with E-state index in [2.05, 4.69) is 15.3 Å². The van der Waals surface area contributed by atoms with Crippen molar-refractivity contribution in [3.63, 3.8) is 0 Å². The Balaban J connectivity index is 1.46. The number of aromatic nitrogens is 2. The van der Waals surface area contributed by atoms with Crippen LogP contribution in [0, 0.1) is 11.7 Å². The fourth-order valence-electron chi connectivity index (χ4n) is 3.86. The Labute approximate surface area is 137 Å². The fourth-order valence-corrected chi connectivity index (χ4v) is 3.86. The molecule has 2 heterocycles. The molecule has 4 rings (SSSR count). The lowest BCUT2D eigenvalue weighted by Gasteiger charge is -2.27. The molecule has 1 saturated carbocycles. The number of nitrogens with zero attached hydrogens (tertiary/aromatic N) is 1. The number of amides is 1. The van der Waals surface area contributed by atoms with Crippen molar-refractivity contribution >= 4 is 22.9 Å². The number of nitrogens with one attached hydrogen (secondary N) is 2. The highest BCUT2D eigenvalue weighted by atomic mass is 19.1. The number of aromatic amines is 1. The van der Waals surface area contributed by atoms with E-state index in [1.54, 1.807) is 6.07 Å². The number of hydrogen-bond acceptors (Lipinski definition) is 4. The average molecular weight is 331 g/mol. The highest BCUT2D eigenvalue weighted by molar-refractivity contribution is 5.88. The third-order valence-electron chi connectivity index (χ3n) is 5.01. The van der Waals surface area contributed by atoms with Crippen molar-refractivity contribution in [2.24, 2.45) is 5.92 Å². The first-order valence-electron chi connectivity index (χ1n) is 8.19. The van der Waals surface area contributed by atoms with E-state index in [0.29, 0.717) is 16.9 Å². The SMILES string of the molecule is O=C1C[C@H](C(=O)NCc2nc3ccc(F)cc3[nH]2)C2(CCCC2)O1. The van der Waals surface area contributed by atoms with Crippen LogP contribution in [-0.4, -0.2) is 27.4 Å². The van der Waals surface area contributed by atoms with Crippen molar-refractivity contribution in [3.05, 3.63) is 29.8 Å². The molecule has 1 aromatic carbocycles. The van der Waals surface area contributed by atoms with Crippen LogP contribution < -0.4 is 5.32 Å². The molecule has 126 valence electrons. The van der Waals surface area contributed by atoms with Gasteiger partial charge >= 0.3 is 5.97 Å². The Morgan fingerprint density at radius 3 is 3.00 bits per heavy atom. The number of rotatable bonds is 3. The second kappa shape index (κ2) is 5.58. The molecule has 0 unspecified atom stereocenters. The number of hydrogen-bond donors (Lipinski definition) is 2. The summed E-state index contributed by atoms with van der Waals surface area (Å²) in [7, 11) is 0. The standard InChI is InChI=1S/C17H18FN3O3/c18-10-3-4-12-13(7-10)21-14(20-12)9-19-16(23)11-8-15(22)24-17(11)5-1-2-6-17/h3-4,7,11H,1-2,5-6,8-9H2,(H,19,23)(H,20,21)/t11-/m1/s1. The molecule has 0 radical (unpaired) electrons. The second-order valence-corrected chi connectivity index (χ2v) is 6.57. The summed E-state index contributed by atoms with van der Waals surface area (Å²) in [5, 5.41) is 2.83. The van der Waals surface area contributed by atoms with Crippen molar-refractivity contribution in [2.75, 3.05) is 0 Å². The first kappa shape index (κ1) is 15.1. The van der Waals surface area contributed by atoms with Gasteiger partial charge in [-0.1, -0.05) is 0 Å². The monoisotopic (exact) mass is 331 g/mol. The molecule has 2 aliphatic rings. The quantitative estimate of drug-likeness (QED) is 0.845. The summed E-state index contributed by atoms with van der Waals surface area (Å²) in [5.41, 5.74) is 0.622. The zero-order valence-corrected chi connectivity index (χ0v) is 13.1. The van der Waals surface area contributed by atoms with Gasteiger partial charge in [0.1, 0.15) is 17.2 Å². The van der Waals surface area contributed by atoms with E-state index < -0.39 is 11.5 Å². The molecule has 1 atom stereocenters. The molecule has 1 saturated heterocycles. The smallest absolute Gasteiger partial charge is 0.307 e. The van der Waals surface area contributed by atoms with Gasteiger partial charge < -0.3 is 15.0 Å². The lowest BCUT2D eigenvalue weighted by atomic mass is 9.85. The summed E-state index contributed by atoms with van der Waals surface area (Å²) in [6.07, 6.45) is 3.59. The van der Waals surface area contributed by atoms with Crippen molar-refractivity contribution in [1.82, 2.24) is 15.3 Å². The number of carbonyl (C=O) groups excluding carboxylic acids is 2. The van der Waals surface area contributed by atoms with Gasteiger partial charge in [-0.3, -0.25) is 9.59 Å². The van der Waals surface area contributed by atoms with Crippen LogP contribution in [0.1, 0.15) is 37.9 Å². The minimum Gasteiger partial charge on any atom is -0.458 e. The molecule has 1 aliphatic heterocycles. The molecular weight excluding hydrogens is 313 g/mol. The predicted molar refractivity (Wildman–Crippen MR) is 83.3 cm³/mol. The molecule has 1 aliphatic carbocycles. The minimum absolute atomic E-state index is 0.136. The Morgan fingerprint density at radius 2 is 2.21 bits per heavy atom. The molecule has 1 aromatic heterocycles. The Kier molecular flexibility index (Phi) is 3.51. The van der Waals surface area contributed by atoms with Crippen molar-refractivity contribution in [1.29, 1.82) is 0 Å². The summed E-state index contributed by atoms with van der Waals surface area (Å²) in [4.78, 5) is 31.5. The first-order valence-corrected chi connectivity index (χ1v) is 8.19. The summed E-state index contributed by atoms with van der Waals surface area (Å²) in [6, 6.07) is 4.30. The van der Waals surface area contributed by atoms with Crippen LogP contribution >= 0.6 is 0 Å². The third-order valence-corrected chi connectivity index (χ3v) is 5.01. The lowest BCUT2D eigenvalue weighted by molar-refractivity contribution is -0.150. The number of carbonyl (C=O) groups is 2. The molecule has 2 aromatic rings. The maximum atomic E-state index is 13.2.